The number of hydrogen-bond acceptors (Lipinski definition) is 4. The van der Waals surface area contributed by atoms with E-state index in [9.17, 15) is 14.4 Å². The highest BCUT2D eigenvalue weighted by Gasteiger charge is 2.38. The third-order valence-corrected chi connectivity index (χ3v) is 7.99. The van der Waals surface area contributed by atoms with Crippen LogP contribution in [-0.2, 0) is 9.59 Å². The summed E-state index contributed by atoms with van der Waals surface area (Å²) in [5, 5.41) is 0.612. The Labute approximate surface area is 234 Å². The number of fused-ring (bicyclic) bond motifs is 1. The van der Waals surface area contributed by atoms with Gasteiger partial charge in [-0.15, -0.1) is 0 Å². The molecule has 3 aromatic carbocycles. The molecule has 0 N–H and O–H groups in total. The van der Waals surface area contributed by atoms with E-state index < -0.39 is 0 Å². The van der Waals surface area contributed by atoms with Gasteiger partial charge in [-0.2, -0.15) is 0 Å². The summed E-state index contributed by atoms with van der Waals surface area (Å²) in [4.78, 5) is 46.1. The molecule has 3 amide bonds. The van der Waals surface area contributed by atoms with Crippen LogP contribution in [0.2, 0.25) is 5.02 Å². The average molecular weight is 545 g/mol. The van der Waals surface area contributed by atoms with Crippen molar-refractivity contribution in [2.75, 3.05) is 40.9 Å². The smallest absolute Gasteiger partial charge is 0.258 e. The minimum Gasteiger partial charge on any atom is -0.368 e. The number of carbonyl (C=O) groups excluding carboxylic acids is 3. The van der Waals surface area contributed by atoms with Gasteiger partial charge in [-0.3, -0.25) is 14.4 Å². The molecular formula is C31H33ClN4O3. The number of carbonyl (C=O) groups is 3. The second-order valence-electron chi connectivity index (χ2n) is 10.2. The van der Waals surface area contributed by atoms with E-state index in [4.69, 9.17) is 11.6 Å². The Balaban J connectivity index is 1.40. The fourth-order valence-electron chi connectivity index (χ4n) is 5.75. The number of para-hydroxylation sites is 1. The zero-order chi connectivity index (χ0) is 27.7. The van der Waals surface area contributed by atoms with Crippen molar-refractivity contribution in [1.29, 1.82) is 0 Å². The summed E-state index contributed by atoms with van der Waals surface area (Å²) < 4.78 is 0. The summed E-state index contributed by atoms with van der Waals surface area (Å²) in [6.07, 6.45) is 0.601. The van der Waals surface area contributed by atoms with E-state index in [1.165, 1.54) is 0 Å². The summed E-state index contributed by atoms with van der Waals surface area (Å²) in [6.45, 7) is 8.15. The van der Waals surface area contributed by atoms with Gasteiger partial charge in [-0.1, -0.05) is 29.8 Å². The number of hydrogen-bond donors (Lipinski definition) is 0. The van der Waals surface area contributed by atoms with E-state index in [1.54, 1.807) is 30.9 Å². The topological polar surface area (TPSA) is 64.2 Å². The highest BCUT2D eigenvalue weighted by Crippen LogP contribution is 2.43. The van der Waals surface area contributed by atoms with E-state index in [1.807, 2.05) is 77.4 Å². The number of anilines is 3. The van der Waals surface area contributed by atoms with Crippen molar-refractivity contribution in [2.45, 2.75) is 39.3 Å². The maximum absolute atomic E-state index is 13.9. The third-order valence-electron chi connectivity index (χ3n) is 7.74. The lowest BCUT2D eigenvalue weighted by Crippen LogP contribution is -2.48. The molecule has 39 heavy (non-hydrogen) atoms. The molecule has 1 fully saturated rings. The zero-order valence-electron chi connectivity index (χ0n) is 22.5. The van der Waals surface area contributed by atoms with Gasteiger partial charge in [0.25, 0.3) is 5.91 Å². The van der Waals surface area contributed by atoms with Crippen LogP contribution in [0.15, 0.2) is 72.8 Å². The van der Waals surface area contributed by atoms with Gasteiger partial charge >= 0.3 is 0 Å². The van der Waals surface area contributed by atoms with Crippen LogP contribution in [0.1, 0.15) is 49.2 Å². The van der Waals surface area contributed by atoms with Crippen LogP contribution >= 0.6 is 11.6 Å². The van der Waals surface area contributed by atoms with Crippen LogP contribution in [-0.4, -0.2) is 54.8 Å². The van der Waals surface area contributed by atoms with Crippen LogP contribution in [0.25, 0.3) is 0 Å². The van der Waals surface area contributed by atoms with E-state index in [0.29, 0.717) is 30.1 Å². The first-order valence-corrected chi connectivity index (χ1v) is 13.7. The van der Waals surface area contributed by atoms with Gasteiger partial charge in [0.1, 0.15) is 0 Å². The molecule has 202 valence electrons. The lowest BCUT2D eigenvalue weighted by Gasteiger charge is -2.43. The van der Waals surface area contributed by atoms with Crippen LogP contribution < -0.4 is 14.7 Å². The molecule has 0 unspecified atom stereocenters. The molecule has 0 saturated carbocycles. The minimum absolute atomic E-state index is 0.0659. The second-order valence-corrected chi connectivity index (χ2v) is 10.7. The Morgan fingerprint density at radius 2 is 1.49 bits per heavy atom. The van der Waals surface area contributed by atoms with E-state index in [0.717, 1.165) is 35.7 Å². The summed E-state index contributed by atoms with van der Waals surface area (Å²) in [5.74, 6) is -0.0283. The molecule has 5 rings (SSSR count). The summed E-state index contributed by atoms with van der Waals surface area (Å²) in [5.41, 5.74) is 4.19. The zero-order valence-corrected chi connectivity index (χ0v) is 23.3. The SMILES string of the molecule is CC(=O)N1CCN(c2ccc(C(=O)N3c4ccccc4[C@@H](N(C(C)=O)c4ccc(Cl)cc4)C[C@H]3C)cc2)CC1. The van der Waals surface area contributed by atoms with Gasteiger partial charge in [-0.05, 0) is 73.5 Å². The first-order valence-electron chi connectivity index (χ1n) is 13.3. The predicted molar refractivity (Wildman–Crippen MR) is 156 cm³/mol. The van der Waals surface area contributed by atoms with Crippen molar-refractivity contribution in [2.24, 2.45) is 0 Å². The maximum atomic E-state index is 13.9. The fourth-order valence-corrected chi connectivity index (χ4v) is 5.88. The predicted octanol–water partition coefficient (Wildman–Crippen LogP) is 5.54. The van der Waals surface area contributed by atoms with Gasteiger partial charge in [0, 0.05) is 73.7 Å². The van der Waals surface area contributed by atoms with Crippen molar-refractivity contribution in [3.8, 4) is 0 Å². The third kappa shape index (κ3) is 5.36. The molecule has 1 saturated heterocycles. The van der Waals surface area contributed by atoms with Crippen molar-refractivity contribution in [1.82, 2.24) is 4.90 Å². The summed E-state index contributed by atoms with van der Waals surface area (Å²) in [7, 11) is 0. The molecule has 2 aliphatic heterocycles. The first kappa shape index (κ1) is 26.8. The Bertz CT molecular complexity index is 1370. The van der Waals surface area contributed by atoms with E-state index in [-0.39, 0.29) is 29.8 Å². The van der Waals surface area contributed by atoms with Crippen molar-refractivity contribution in [3.05, 3.63) is 88.9 Å². The maximum Gasteiger partial charge on any atom is 0.258 e. The number of rotatable bonds is 4. The Morgan fingerprint density at radius 3 is 2.10 bits per heavy atom. The monoisotopic (exact) mass is 544 g/mol. The highest BCUT2D eigenvalue weighted by molar-refractivity contribution is 6.30. The Morgan fingerprint density at radius 1 is 0.846 bits per heavy atom. The normalized spacial score (nSPS) is 18.9. The Kier molecular flexibility index (Phi) is 7.62. The molecule has 8 heteroatoms. The molecule has 0 spiro atoms. The molecule has 3 aromatic rings. The van der Waals surface area contributed by atoms with Crippen LogP contribution in [0, 0.1) is 0 Å². The molecule has 2 atom stereocenters. The molecular weight excluding hydrogens is 512 g/mol. The molecule has 0 aromatic heterocycles. The minimum atomic E-state index is -0.213. The quantitative estimate of drug-likeness (QED) is 0.432. The molecule has 0 radical (unpaired) electrons. The number of halogens is 1. The molecule has 2 heterocycles. The number of piperazine rings is 1. The number of benzene rings is 3. The van der Waals surface area contributed by atoms with Crippen LogP contribution in [0.5, 0.6) is 0 Å². The lowest BCUT2D eigenvalue weighted by molar-refractivity contribution is -0.129. The fraction of sp³-hybridized carbons (Fsp3) is 0.323. The van der Waals surface area contributed by atoms with Crippen molar-refractivity contribution >= 4 is 46.4 Å². The van der Waals surface area contributed by atoms with Crippen LogP contribution in [0.3, 0.4) is 0 Å². The summed E-state index contributed by atoms with van der Waals surface area (Å²) in [6, 6.07) is 22.5. The molecule has 2 aliphatic rings. The lowest BCUT2D eigenvalue weighted by atomic mass is 9.89. The van der Waals surface area contributed by atoms with Gasteiger partial charge in [0.15, 0.2) is 0 Å². The van der Waals surface area contributed by atoms with Crippen molar-refractivity contribution < 1.29 is 14.4 Å². The molecule has 0 aliphatic carbocycles. The standard InChI is InChI=1S/C31H33ClN4O3/c1-21-20-30(36(23(3)38)27-14-10-25(32)11-15-27)28-6-4-5-7-29(28)35(21)31(39)24-8-12-26(13-9-24)34-18-16-33(17-19-34)22(2)37/h4-15,21,30H,16-20H2,1-3H3/t21-,30+/m1/s1. The average Bonchev–Trinajstić information content (AvgIpc) is 2.94. The highest BCUT2D eigenvalue weighted by atomic mass is 35.5. The van der Waals surface area contributed by atoms with Gasteiger partial charge < -0.3 is 19.6 Å². The van der Waals surface area contributed by atoms with Gasteiger partial charge in [-0.25, -0.2) is 0 Å². The van der Waals surface area contributed by atoms with E-state index in [2.05, 4.69) is 4.90 Å². The first-order chi connectivity index (χ1) is 18.7. The van der Waals surface area contributed by atoms with Crippen molar-refractivity contribution in [3.63, 3.8) is 0 Å². The van der Waals surface area contributed by atoms with Gasteiger partial charge in [0.05, 0.1) is 6.04 Å². The van der Waals surface area contributed by atoms with E-state index >= 15 is 0 Å². The largest absolute Gasteiger partial charge is 0.368 e. The molecule has 0 bridgehead atoms. The van der Waals surface area contributed by atoms with Gasteiger partial charge in [0.2, 0.25) is 11.8 Å². The summed E-state index contributed by atoms with van der Waals surface area (Å²) >= 11 is 6.10. The Hall–Kier alpha value is -3.84. The second kappa shape index (κ2) is 11.1. The van der Waals surface area contributed by atoms with Crippen LogP contribution in [0.4, 0.5) is 17.1 Å². The number of amides is 3. The number of nitrogens with zero attached hydrogens (tertiary/aromatic N) is 4. The molecule has 7 nitrogen and oxygen atoms in total.